The number of rotatable bonds is 9. The summed E-state index contributed by atoms with van der Waals surface area (Å²) in [6.45, 7) is 9.16. The lowest BCUT2D eigenvalue weighted by Gasteiger charge is -2.17. The van der Waals surface area contributed by atoms with E-state index in [0.717, 1.165) is 38.4 Å². The molecule has 0 fully saturated rings. The van der Waals surface area contributed by atoms with E-state index in [1.807, 2.05) is 4.68 Å². The van der Waals surface area contributed by atoms with Gasteiger partial charge in [-0.3, -0.25) is 0 Å². The average Bonchev–Trinajstić information content (AvgIpc) is 2.81. The number of nitrogens with zero attached hydrogens (tertiary/aromatic N) is 3. The smallest absolute Gasteiger partial charge is 0.138 e. The second kappa shape index (κ2) is 8.21. The largest absolute Gasteiger partial charge is 0.383 e. The number of aromatic nitrogens is 3. The van der Waals surface area contributed by atoms with Gasteiger partial charge in [0.25, 0.3) is 0 Å². The second-order valence-corrected chi connectivity index (χ2v) is 4.89. The van der Waals surface area contributed by atoms with Crippen molar-refractivity contribution in [2.75, 3.05) is 26.8 Å². The molecule has 0 radical (unpaired) electrons. The highest BCUT2D eigenvalue weighted by atomic mass is 16.5. The SMILES string of the molecule is CCC(CNCCOC)Cc1ncnn1C(C)C. The van der Waals surface area contributed by atoms with Gasteiger partial charge in [0.2, 0.25) is 0 Å². The van der Waals surface area contributed by atoms with Crippen LogP contribution in [-0.4, -0.2) is 41.6 Å². The first-order valence-corrected chi connectivity index (χ1v) is 6.77. The van der Waals surface area contributed by atoms with Gasteiger partial charge in [0.05, 0.1) is 6.61 Å². The molecule has 5 heteroatoms. The Labute approximate surface area is 110 Å². The van der Waals surface area contributed by atoms with E-state index in [9.17, 15) is 0 Å². The molecule has 1 rings (SSSR count). The van der Waals surface area contributed by atoms with E-state index in [-0.39, 0.29) is 0 Å². The number of hydrogen-bond donors (Lipinski definition) is 1. The summed E-state index contributed by atoms with van der Waals surface area (Å²) in [5.74, 6) is 1.69. The third-order valence-electron chi connectivity index (χ3n) is 3.10. The van der Waals surface area contributed by atoms with Crippen LogP contribution in [0.2, 0.25) is 0 Å². The summed E-state index contributed by atoms with van der Waals surface area (Å²) in [5.41, 5.74) is 0. The van der Waals surface area contributed by atoms with Crippen LogP contribution < -0.4 is 5.32 Å². The van der Waals surface area contributed by atoms with Crippen LogP contribution in [0.25, 0.3) is 0 Å². The molecule has 1 aromatic rings. The van der Waals surface area contributed by atoms with Gasteiger partial charge in [0.1, 0.15) is 12.2 Å². The highest BCUT2D eigenvalue weighted by Crippen LogP contribution is 2.12. The van der Waals surface area contributed by atoms with Gasteiger partial charge in [-0.15, -0.1) is 0 Å². The van der Waals surface area contributed by atoms with Gasteiger partial charge in [-0.05, 0) is 26.3 Å². The molecule has 0 aliphatic carbocycles. The Bertz CT molecular complexity index is 325. The van der Waals surface area contributed by atoms with Crippen LogP contribution in [0.4, 0.5) is 0 Å². The van der Waals surface area contributed by atoms with E-state index in [1.165, 1.54) is 0 Å². The fourth-order valence-corrected chi connectivity index (χ4v) is 1.95. The minimum atomic E-state index is 0.376. The number of methoxy groups -OCH3 is 1. The van der Waals surface area contributed by atoms with E-state index in [0.29, 0.717) is 12.0 Å². The highest BCUT2D eigenvalue weighted by molar-refractivity contribution is 4.89. The van der Waals surface area contributed by atoms with Crippen molar-refractivity contribution in [1.82, 2.24) is 20.1 Å². The Morgan fingerprint density at radius 3 is 2.83 bits per heavy atom. The molecule has 5 nitrogen and oxygen atoms in total. The van der Waals surface area contributed by atoms with Crippen LogP contribution in [0.5, 0.6) is 0 Å². The number of nitrogens with one attached hydrogen (secondary N) is 1. The summed E-state index contributed by atoms with van der Waals surface area (Å²) < 4.78 is 7.04. The minimum Gasteiger partial charge on any atom is -0.383 e. The first kappa shape index (κ1) is 15.1. The Morgan fingerprint density at radius 1 is 1.44 bits per heavy atom. The van der Waals surface area contributed by atoms with Crippen molar-refractivity contribution >= 4 is 0 Å². The average molecular weight is 254 g/mol. The van der Waals surface area contributed by atoms with Gasteiger partial charge < -0.3 is 10.1 Å². The third kappa shape index (κ3) is 4.74. The molecule has 0 amide bonds. The van der Waals surface area contributed by atoms with Crippen molar-refractivity contribution in [3.8, 4) is 0 Å². The first-order chi connectivity index (χ1) is 8.69. The van der Waals surface area contributed by atoms with Gasteiger partial charge in [0, 0.05) is 26.1 Å². The van der Waals surface area contributed by atoms with Gasteiger partial charge in [-0.25, -0.2) is 9.67 Å². The molecule has 0 saturated carbocycles. The maximum absolute atomic E-state index is 5.02. The Kier molecular flexibility index (Phi) is 6.90. The molecule has 0 aromatic carbocycles. The van der Waals surface area contributed by atoms with Gasteiger partial charge in [-0.1, -0.05) is 13.3 Å². The monoisotopic (exact) mass is 254 g/mol. The molecule has 1 aromatic heterocycles. The van der Waals surface area contributed by atoms with Crippen molar-refractivity contribution in [2.24, 2.45) is 5.92 Å². The molecule has 0 spiro atoms. The minimum absolute atomic E-state index is 0.376. The van der Waals surface area contributed by atoms with E-state index in [1.54, 1.807) is 13.4 Å². The van der Waals surface area contributed by atoms with Crippen LogP contribution in [0.3, 0.4) is 0 Å². The zero-order valence-electron chi connectivity index (χ0n) is 12.0. The number of ether oxygens (including phenoxy) is 1. The maximum atomic E-state index is 5.02. The Morgan fingerprint density at radius 2 is 2.22 bits per heavy atom. The predicted octanol–water partition coefficient (Wildman–Crippen LogP) is 1.66. The molecule has 104 valence electrons. The topological polar surface area (TPSA) is 52.0 Å². The van der Waals surface area contributed by atoms with Gasteiger partial charge in [0.15, 0.2) is 0 Å². The normalized spacial score (nSPS) is 13.2. The summed E-state index contributed by atoms with van der Waals surface area (Å²) in [6.07, 6.45) is 3.78. The molecule has 0 saturated heterocycles. The summed E-state index contributed by atoms with van der Waals surface area (Å²) >= 11 is 0. The molecule has 0 aliphatic heterocycles. The fraction of sp³-hybridized carbons (Fsp3) is 0.846. The Balaban J connectivity index is 2.44. The quantitative estimate of drug-likeness (QED) is 0.681. The molecule has 1 N–H and O–H groups in total. The van der Waals surface area contributed by atoms with E-state index in [2.05, 4.69) is 36.2 Å². The molecule has 0 bridgehead atoms. The highest BCUT2D eigenvalue weighted by Gasteiger charge is 2.13. The van der Waals surface area contributed by atoms with E-state index in [4.69, 9.17) is 4.74 Å². The van der Waals surface area contributed by atoms with Crippen LogP contribution in [0.1, 0.15) is 39.1 Å². The van der Waals surface area contributed by atoms with Crippen molar-refractivity contribution in [3.05, 3.63) is 12.2 Å². The summed E-state index contributed by atoms with van der Waals surface area (Å²) in [6, 6.07) is 0.376. The van der Waals surface area contributed by atoms with Crippen molar-refractivity contribution < 1.29 is 4.74 Å². The molecule has 0 aliphatic rings. The zero-order chi connectivity index (χ0) is 13.4. The second-order valence-electron chi connectivity index (χ2n) is 4.89. The Hall–Kier alpha value is -0.940. The zero-order valence-corrected chi connectivity index (χ0v) is 12.0. The molecular weight excluding hydrogens is 228 g/mol. The molecular formula is C13H26N4O. The summed E-state index contributed by atoms with van der Waals surface area (Å²) in [7, 11) is 1.73. The molecule has 1 unspecified atom stereocenters. The first-order valence-electron chi connectivity index (χ1n) is 6.77. The fourth-order valence-electron chi connectivity index (χ4n) is 1.95. The number of hydrogen-bond acceptors (Lipinski definition) is 4. The van der Waals surface area contributed by atoms with E-state index < -0.39 is 0 Å². The molecule has 1 heterocycles. The van der Waals surface area contributed by atoms with E-state index >= 15 is 0 Å². The molecule has 1 atom stereocenters. The van der Waals surface area contributed by atoms with Crippen LogP contribution in [0, 0.1) is 5.92 Å². The van der Waals surface area contributed by atoms with Crippen LogP contribution in [-0.2, 0) is 11.2 Å². The lowest BCUT2D eigenvalue weighted by atomic mass is 10.0. The van der Waals surface area contributed by atoms with Crippen LogP contribution >= 0.6 is 0 Å². The summed E-state index contributed by atoms with van der Waals surface area (Å²) in [5, 5.41) is 7.69. The lowest BCUT2D eigenvalue weighted by molar-refractivity contribution is 0.197. The maximum Gasteiger partial charge on any atom is 0.138 e. The standard InChI is InChI=1S/C13H26N4O/c1-5-12(9-14-6-7-18-4)8-13-15-10-16-17(13)11(2)3/h10-12,14H,5-9H2,1-4H3. The third-order valence-corrected chi connectivity index (χ3v) is 3.10. The van der Waals surface area contributed by atoms with Crippen molar-refractivity contribution in [3.63, 3.8) is 0 Å². The molecule has 18 heavy (non-hydrogen) atoms. The van der Waals surface area contributed by atoms with Gasteiger partial charge >= 0.3 is 0 Å². The lowest BCUT2D eigenvalue weighted by Crippen LogP contribution is -2.27. The van der Waals surface area contributed by atoms with Crippen molar-refractivity contribution in [2.45, 2.75) is 39.7 Å². The van der Waals surface area contributed by atoms with Gasteiger partial charge in [-0.2, -0.15) is 5.10 Å². The summed E-state index contributed by atoms with van der Waals surface area (Å²) in [4.78, 5) is 4.37. The van der Waals surface area contributed by atoms with Crippen molar-refractivity contribution in [1.29, 1.82) is 0 Å². The predicted molar refractivity (Wildman–Crippen MR) is 72.6 cm³/mol. The van der Waals surface area contributed by atoms with Crippen LogP contribution in [0.15, 0.2) is 6.33 Å².